The second kappa shape index (κ2) is 5.87. The molecule has 0 heterocycles. The summed E-state index contributed by atoms with van der Waals surface area (Å²) in [6.07, 6.45) is 5.37. The minimum atomic E-state index is -0.413. The smallest absolute Gasteiger partial charge is 0.244 e. The number of carbonyl (C=O) groups is 2. The molecule has 1 rings (SSSR count). The molecule has 1 saturated carbocycles. The van der Waals surface area contributed by atoms with Gasteiger partial charge in [-0.3, -0.25) is 9.59 Å². The van der Waals surface area contributed by atoms with Crippen molar-refractivity contribution in [3.63, 3.8) is 0 Å². The Morgan fingerprint density at radius 1 is 1.31 bits per heavy atom. The average molecular weight is 226 g/mol. The first-order valence-electron chi connectivity index (χ1n) is 6.01. The van der Waals surface area contributed by atoms with Crippen molar-refractivity contribution >= 4 is 11.8 Å². The van der Waals surface area contributed by atoms with Crippen molar-refractivity contribution in [1.82, 2.24) is 10.2 Å². The summed E-state index contributed by atoms with van der Waals surface area (Å²) in [6, 6.07) is -0.413. The van der Waals surface area contributed by atoms with Crippen LogP contribution in [0.4, 0.5) is 0 Å². The molecular weight excluding hydrogens is 204 g/mol. The van der Waals surface area contributed by atoms with Gasteiger partial charge >= 0.3 is 0 Å². The van der Waals surface area contributed by atoms with E-state index in [-0.39, 0.29) is 11.8 Å². The van der Waals surface area contributed by atoms with Gasteiger partial charge in [-0.2, -0.15) is 0 Å². The molecule has 1 unspecified atom stereocenters. The molecule has 4 heteroatoms. The molecule has 16 heavy (non-hydrogen) atoms. The van der Waals surface area contributed by atoms with Crippen LogP contribution >= 0.6 is 0 Å². The molecule has 0 aliphatic heterocycles. The number of likely N-dealkylation sites (N-methyl/N-ethyl adjacent to an activating group) is 1. The van der Waals surface area contributed by atoms with Crippen LogP contribution in [0.3, 0.4) is 0 Å². The van der Waals surface area contributed by atoms with Crippen molar-refractivity contribution in [2.45, 2.75) is 45.1 Å². The highest BCUT2D eigenvalue weighted by Gasteiger charge is 2.21. The summed E-state index contributed by atoms with van der Waals surface area (Å²) in [5.41, 5.74) is 0. The summed E-state index contributed by atoms with van der Waals surface area (Å²) < 4.78 is 0. The summed E-state index contributed by atoms with van der Waals surface area (Å²) in [6.45, 7) is 1.73. The Bertz CT molecular complexity index is 258. The maximum absolute atomic E-state index is 11.7. The third-order valence-corrected chi connectivity index (χ3v) is 3.14. The maximum atomic E-state index is 11.7. The van der Waals surface area contributed by atoms with E-state index in [1.165, 1.54) is 17.7 Å². The van der Waals surface area contributed by atoms with E-state index < -0.39 is 6.04 Å². The Morgan fingerprint density at radius 2 is 1.88 bits per heavy atom. The summed E-state index contributed by atoms with van der Waals surface area (Å²) in [7, 11) is 3.39. The van der Waals surface area contributed by atoms with Gasteiger partial charge in [0.25, 0.3) is 0 Å². The fourth-order valence-corrected chi connectivity index (χ4v) is 2.23. The van der Waals surface area contributed by atoms with E-state index in [0.29, 0.717) is 12.3 Å². The van der Waals surface area contributed by atoms with E-state index in [1.54, 1.807) is 21.0 Å². The SMILES string of the molecule is CC(NC(=O)CC1CCCC1)C(=O)N(C)C. The van der Waals surface area contributed by atoms with E-state index >= 15 is 0 Å². The highest BCUT2D eigenvalue weighted by Crippen LogP contribution is 2.27. The first-order valence-corrected chi connectivity index (χ1v) is 6.01. The Hall–Kier alpha value is -1.06. The lowest BCUT2D eigenvalue weighted by Crippen LogP contribution is -2.44. The van der Waals surface area contributed by atoms with Crippen LogP contribution < -0.4 is 5.32 Å². The van der Waals surface area contributed by atoms with E-state index in [1.807, 2.05) is 0 Å². The van der Waals surface area contributed by atoms with E-state index in [2.05, 4.69) is 5.32 Å². The molecule has 0 spiro atoms. The summed E-state index contributed by atoms with van der Waals surface area (Å²) in [4.78, 5) is 24.7. The molecule has 0 bridgehead atoms. The monoisotopic (exact) mass is 226 g/mol. The zero-order valence-electron chi connectivity index (χ0n) is 10.5. The van der Waals surface area contributed by atoms with E-state index in [0.717, 1.165) is 12.8 Å². The van der Waals surface area contributed by atoms with Crippen molar-refractivity contribution in [2.75, 3.05) is 14.1 Å². The molecule has 0 radical (unpaired) electrons. The topological polar surface area (TPSA) is 49.4 Å². The van der Waals surface area contributed by atoms with Gasteiger partial charge in [0.2, 0.25) is 11.8 Å². The Morgan fingerprint density at radius 3 is 2.38 bits per heavy atom. The van der Waals surface area contributed by atoms with Gasteiger partial charge in [-0.1, -0.05) is 12.8 Å². The van der Waals surface area contributed by atoms with Crippen LogP contribution in [0.25, 0.3) is 0 Å². The number of nitrogens with one attached hydrogen (secondary N) is 1. The molecule has 1 N–H and O–H groups in total. The van der Waals surface area contributed by atoms with Gasteiger partial charge in [-0.15, -0.1) is 0 Å². The minimum absolute atomic E-state index is 0.00889. The van der Waals surface area contributed by atoms with Crippen molar-refractivity contribution in [2.24, 2.45) is 5.92 Å². The molecule has 0 aromatic heterocycles. The second-order valence-electron chi connectivity index (χ2n) is 4.88. The highest BCUT2D eigenvalue weighted by molar-refractivity contribution is 5.87. The predicted molar refractivity (Wildman–Crippen MR) is 62.9 cm³/mol. The number of hydrogen-bond acceptors (Lipinski definition) is 2. The van der Waals surface area contributed by atoms with Crippen LogP contribution in [0.2, 0.25) is 0 Å². The van der Waals surface area contributed by atoms with Gasteiger partial charge in [-0.25, -0.2) is 0 Å². The average Bonchev–Trinajstić information content (AvgIpc) is 2.68. The molecule has 1 aliphatic carbocycles. The summed E-state index contributed by atoms with van der Waals surface area (Å²) in [5.74, 6) is 0.482. The van der Waals surface area contributed by atoms with Crippen LogP contribution in [0.5, 0.6) is 0 Å². The molecule has 1 aliphatic rings. The molecule has 1 fully saturated rings. The van der Waals surface area contributed by atoms with Crippen molar-refractivity contribution < 1.29 is 9.59 Å². The molecule has 0 aromatic carbocycles. The first kappa shape index (κ1) is 13.0. The lowest BCUT2D eigenvalue weighted by atomic mass is 10.0. The first-order chi connectivity index (χ1) is 7.50. The summed E-state index contributed by atoms with van der Waals surface area (Å²) >= 11 is 0. The normalized spacial score (nSPS) is 18.2. The molecule has 4 nitrogen and oxygen atoms in total. The molecule has 92 valence electrons. The molecule has 1 atom stereocenters. The zero-order valence-corrected chi connectivity index (χ0v) is 10.5. The van der Waals surface area contributed by atoms with Crippen LogP contribution in [0.1, 0.15) is 39.0 Å². The third kappa shape index (κ3) is 3.83. The van der Waals surface area contributed by atoms with Crippen molar-refractivity contribution in [3.8, 4) is 0 Å². The van der Waals surface area contributed by atoms with Crippen molar-refractivity contribution in [3.05, 3.63) is 0 Å². The quantitative estimate of drug-likeness (QED) is 0.782. The van der Waals surface area contributed by atoms with Gasteiger partial charge in [-0.05, 0) is 25.7 Å². The molecular formula is C12H22N2O2. The van der Waals surface area contributed by atoms with E-state index in [9.17, 15) is 9.59 Å². The van der Waals surface area contributed by atoms with Crippen LogP contribution in [0, 0.1) is 5.92 Å². The van der Waals surface area contributed by atoms with Crippen LogP contribution in [0.15, 0.2) is 0 Å². The number of hydrogen-bond donors (Lipinski definition) is 1. The number of carbonyl (C=O) groups excluding carboxylic acids is 2. The Kier molecular flexibility index (Phi) is 4.77. The number of rotatable bonds is 4. The van der Waals surface area contributed by atoms with Crippen LogP contribution in [-0.4, -0.2) is 36.9 Å². The maximum Gasteiger partial charge on any atom is 0.244 e. The lowest BCUT2D eigenvalue weighted by molar-refractivity contribution is -0.134. The highest BCUT2D eigenvalue weighted by atomic mass is 16.2. The minimum Gasteiger partial charge on any atom is -0.347 e. The molecule has 2 amide bonds. The van der Waals surface area contributed by atoms with Crippen molar-refractivity contribution in [1.29, 1.82) is 0 Å². The third-order valence-electron chi connectivity index (χ3n) is 3.14. The number of nitrogens with zero attached hydrogens (tertiary/aromatic N) is 1. The zero-order chi connectivity index (χ0) is 12.1. The fraction of sp³-hybridized carbons (Fsp3) is 0.833. The number of amides is 2. The van der Waals surface area contributed by atoms with Gasteiger partial charge in [0.05, 0.1) is 0 Å². The van der Waals surface area contributed by atoms with Gasteiger partial charge < -0.3 is 10.2 Å². The predicted octanol–water partition coefficient (Wildman–Crippen LogP) is 1.16. The Balaban J connectivity index is 2.30. The summed E-state index contributed by atoms with van der Waals surface area (Å²) in [5, 5.41) is 2.76. The van der Waals surface area contributed by atoms with Gasteiger partial charge in [0.15, 0.2) is 0 Å². The van der Waals surface area contributed by atoms with E-state index in [4.69, 9.17) is 0 Å². The molecule has 0 aromatic rings. The van der Waals surface area contributed by atoms with Crippen LogP contribution in [-0.2, 0) is 9.59 Å². The van der Waals surface area contributed by atoms with Gasteiger partial charge in [0.1, 0.15) is 6.04 Å². The largest absolute Gasteiger partial charge is 0.347 e. The Labute approximate surface area is 97.4 Å². The van der Waals surface area contributed by atoms with Gasteiger partial charge in [0, 0.05) is 20.5 Å². The fourth-order valence-electron chi connectivity index (χ4n) is 2.23. The molecule has 0 saturated heterocycles. The second-order valence-corrected chi connectivity index (χ2v) is 4.88. The standard InChI is InChI=1S/C12H22N2O2/c1-9(12(16)14(2)3)13-11(15)8-10-6-4-5-7-10/h9-10H,4-8H2,1-3H3,(H,13,15). The lowest BCUT2D eigenvalue weighted by Gasteiger charge is -2.18.